The molecule has 2 unspecified atom stereocenters. The Morgan fingerprint density at radius 1 is 1.12 bits per heavy atom. The van der Waals surface area contributed by atoms with Crippen LogP contribution in [0.5, 0.6) is 0 Å². The van der Waals surface area contributed by atoms with Crippen LogP contribution in [0, 0.1) is 5.92 Å². The van der Waals surface area contributed by atoms with Crippen LogP contribution >= 0.6 is 0 Å². The summed E-state index contributed by atoms with van der Waals surface area (Å²) in [6, 6.07) is 0.820. The maximum Gasteiger partial charge on any atom is 0.00694 e. The Morgan fingerprint density at radius 3 is 2.59 bits per heavy atom. The summed E-state index contributed by atoms with van der Waals surface area (Å²) >= 11 is 0. The highest BCUT2D eigenvalue weighted by atomic mass is 15.2. The summed E-state index contributed by atoms with van der Waals surface area (Å²) in [5.74, 6) is 0.946. The molecular formula is C15H32N2. The van der Waals surface area contributed by atoms with Crippen LogP contribution in [-0.4, -0.2) is 37.1 Å². The van der Waals surface area contributed by atoms with Crippen LogP contribution in [0.1, 0.15) is 59.3 Å². The maximum absolute atomic E-state index is 3.39. The third-order valence-electron chi connectivity index (χ3n) is 4.07. The SMILES string of the molecule is CCNCCCCCCN1CCC(C)CC1C. The van der Waals surface area contributed by atoms with E-state index in [0.717, 1.165) is 18.5 Å². The Balaban J connectivity index is 1.95. The normalized spacial score (nSPS) is 26.3. The van der Waals surface area contributed by atoms with Gasteiger partial charge in [0.15, 0.2) is 0 Å². The molecule has 2 nitrogen and oxygen atoms in total. The zero-order valence-corrected chi connectivity index (χ0v) is 12.2. The molecule has 0 saturated carbocycles. The maximum atomic E-state index is 3.39. The minimum absolute atomic E-state index is 0.820. The van der Waals surface area contributed by atoms with Gasteiger partial charge in [-0.2, -0.15) is 0 Å². The topological polar surface area (TPSA) is 15.3 Å². The molecule has 1 aliphatic rings. The standard InChI is InChI=1S/C15H32N2/c1-4-16-10-7-5-6-8-11-17-12-9-14(2)13-15(17)3/h14-16H,4-13H2,1-3H3. The van der Waals surface area contributed by atoms with Gasteiger partial charge in [-0.25, -0.2) is 0 Å². The molecule has 0 bridgehead atoms. The summed E-state index contributed by atoms with van der Waals surface area (Å²) in [5, 5.41) is 3.39. The highest BCUT2D eigenvalue weighted by Crippen LogP contribution is 2.22. The molecule has 1 fully saturated rings. The van der Waals surface area contributed by atoms with Gasteiger partial charge in [0, 0.05) is 6.04 Å². The second kappa shape index (κ2) is 8.93. The van der Waals surface area contributed by atoms with E-state index in [4.69, 9.17) is 0 Å². The minimum atomic E-state index is 0.820. The first kappa shape index (κ1) is 15.0. The molecule has 1 saturated heterocycles. The van der Waals surface area contributed by atoms with Gasteiger partial charge >= 0.3 is 0 Å². The Morgan fingerprint density at radius 2 is 1.88 bits per heavy atom. The fourth-order valence-electron chi connectivity index (χ4n) is 2.88. The number of hydrogen-bond donors (Lipinski definition) is 1. The van der Waals surface area contributed by atoms with Gasteiger partial charge in [0.1, 0.15) is 0 Å². The average Bonchev–Trinajstić information content (AvgIpc) is 2.30. The average molecular weight is 240 g/mol. The van der Waals surface area contributed by atoms with Gasteiger partial charge in [0.25, 0.3) is 0 Å². The van der Waals surface area contributed by atoms with E-state index < -0.39 is 0 Å². The molecule has 102 valence electrons. The molecule has 0 aliphatic carbocycles. The zero-order chi connectivity index (χ0) is 12.5. The molecule has 1 rings (SSSR count). The van der Waals surface area contributed by atoms with E-state index in [1.54, 1.807) is 0 Å². The lowest BCUT2D eigenvalue weighted by molar-refractivity contribution is 0.127. The van der Waals surface area contributed by atoms with Gasteiger partial charge in [0.2, 0.25) is 0 Å². The van der Waals surface area contributed by atoms with Gasteiger partial charge in [-0.1, -0.05) is 26.7 Å². The Bertz CT molecular complexity index is 182. The number of unbranched alkanes of at least 4 members (excludes halogenated alkanes) is 3. The highest BCUT2D eigenvalue weighted by Gasteiger charge is 2.21. The van der Waals surface area contributed by atoms with Crippen LogP contribution in [0.2, 0.25) is 0 Å². The fourth-order valence-corrected chi connectivity index (χ4v) is 2.88. The van der Waals surface area contributed by atoms with Crippen molar-refractivity contribution in [2.45, 2.75) is 65.3 Å². The lowest BCUT2D eigenvalue weighted by Crippen LogP contribution is -2.40. The summed E-state index contributed by atoms with van der Waals surface area (Å²) < 4.78 is 0. The van der Waals surface area contributed by atoms with Crippen molar-refractivity contribution < 1.29 is 0 Å². The smallest absolute Gasteiger partial charge is 0.00694 e. The van der Waals surface area contributed by atoms with Gasteiger partial charge < -0.3 is 10.2 Å². The Hall–Kier alpha value is -0.0800. The van der Waals surface area contributed by atoms with Crippen LogP contribution < -0.4 is 5.32 Å². The van der Waals surface area contributed by atoms with Crippen LogP contribution in [0.15, 0.2) is 0 Å². The van der Waals surface area contributed by atoms with E-state index in [-0.39, 0.29) is 0 Å². The van der Waals surface area contributed by atoms with E-state index in [1.807, 2.05) is 0 Å². The molecule has 1 N–H and O–H groups in total. The minimum Gasteiger partial charge on any atom is -0.317 e. The predicted octanol–water partition coefficient (Wildman–Crippen LogP) is 3.28. The van der Waals surface area contributed by atoms with Crippen molar-refractivity contribution in [2.24, 2.45) is 5.92 Å². The van der Waals surface area contributed by atoms with Crippen molar-refractivity contribution in [3.63, 3.8) is 0 Å². The van der Waals surface area contributed by atoms with E-state index in [0.29, 0.717) is 0 Å². The first-order chi connectivity index (χ1) is 8.24. The lowest BCUT2D eigenvalue weighted by Gasteiger charge is -2.36. The van der Waals surface area contributed by atoms with E-state index in [9.17, 15) is 0 Å². The third-order valence-corrected chi connectivity index (χ3v) is 4.07. The van der Waals surface area contributed by atoms with Crippen LogP contribution in [0.3, 0.4) is 0 Å². The van der Waals surface area contributed by atoms with Gasteiger partial charge in [-0.3, -0.25) is 0 Å². The summed E-state index contributed by atoms with van der Waals surface area (Å²) in [4.78, 5) is 2.70. The second-order valence-corrected chi connectivity index (χ2v) is 5.78. The molecule has 0 spiro atoms. The zero-order valence-electron chi connectivity index (χ0n) is 12.2. The Kier molecular flexibility index (Phi) is 7.87. The molecule has 2 heteroatoms. The summed E-state index contributed by atoms with van der Waals surface area (Å²) in [7, 11) is 0. The molecule has 0 aromatic rings. The number of likely N-dealkylation sites (tertiary alicyclic amines) is 1. The van der Waals surface area contributed by atoms with Crippen molar-refractivity contribution in [2.75, 3.05) is 26.2 Å². The van der Waals surface area contributed by atoms with Crippen LogP contribution in [-0.2, 0) is 0 Å². The van der Waals surface area contributed by atoms with E-state index in [1.165, 1.54) is 58.2 Å². The van der Waals surface area contributed by atoms with Crippen molar-refractivity contribution in [3.05, 3.63) is 0 Å². The van der Waals surface area contributed by atoms with Gasteiger partial charge in [-0.15, -0.1) is 0 Å². The fraction of sp³-hybridized carbons (Fsp3) is 1.00. The highest BCUT2D eigenvalue weighted by molar-refractivity contribution is 4.76. The van der Waals surface area contributed by atoms with Crippen molar-refractivity contribution in [3.8, 4) is 0 Å². The third kappa shape index (κ3) is 6.42. The van der Waals surface area contributed by atoms with E-state index >= 15 is 0 Å². The molecule has 0 amide bonds. The first-order valence-corrected chi connectivity index (χ1v) is 7.68. The molecule has 2 atom stereocenters. The second-order valence-electron chi connectivity index (χ2n) is 5.78. The quantitative estimate of drug-likeness (QED) is 0.655. The van der Waals surface area contributed by atoms with Crippen LogP contribution in [0.4, 0.5) is 0 Å². The van der Waals surface area contributed by atoms with Gasteiger partial charge in [-0.05, 0) is 64.7 Å². The molecule has 1 aliphatic heterocycles. The number of hydrogen-bond acceptors (Lipinski definition) is 2. The monoisotopic (exact) mass is 240 g/mol. The first-order valence-electron chi connectivity index (χ1n) is 7.68. The predicted molar refractivity (Wildman–Crippen MR) is 76.4 cm³/mol. The van der Waals surface area contributed by atoms with Crippen molar-refractivity contribution in [1.29, 1.82) is 0 Å². The summed E-state index contributed by atoms with van der Waals surface area (Å²) in [6.45, 7) is 12.0. The van der Waals surface area contributed by atoms with Gasteiger partial charge in [0.05, 0.1) is 0 Å². The molecule has 1 heterocycles. The van der Waals surface area contributed by atoms with Crippen molar-refractivity contribution in [1.82, 2.24) is 10.2 Å². The summed E-state index contributed by atoms with van der Waals surface area (Å²) in [6.07, 6.45) is 8.35. The van der Waals surface area contributed by atoms with E-state index in [2.05, 4.69) is 31.0 Å². The molecule has 0 aromatic carbocycles. The van der Waals surface area contributed by atoms with Crippen LogP contribution in [0.25, 0.3) is 0 Å². The number of nitrogens with zero attached hydrogens (tertiary/aromatic N) is 1. The molecule has 0 aromatic heterocycles. The summed E-state index contributed by atoms with van der Waals surface area (Å²) in [5.41, 5.74) is 0. The molecule has 17 heavy (non-hydrogen) atoms. The molecule has 0 radical (unpaired) electrons. The largest absolute Gasteiger partial charge is 0.317 e. The lowest BCUT2D eigenvalue weighted by atomic mass is 9.93. The van der Waals surface area contributed by atoms with Crippen molar-refractivity contribution >= 4 is 0 Å². The molecular weight excluding hydrogens is 208 g/mol. The number of rotatable bonds is 8. The Labute approximate surface area is 108 Å². The number of nitrogens with one attached hydrogen (secondary N) is 1. The number of piperidine rings is 1.